The zero-order chi connectivity index (χ0) is 19.3. The van der Waals surface area contributed by atoms with Crippen LogP contribution in [0.15, 0.2) is 29.3 Å². The number of guanidine groups is 1. The summed E-state index contributed by atoms with van der Waals surface area (Å²) >= 11 is 0. The second kappa shape index (κ2) is 10.4. The van der Waals surface area contributed by atoms with Crippen molar-refractivity contribution in [2.24, 2.45) is 4.99 Å². The standard InChI is InChI=1S/C21H33N5O.HI/c1-21(2,26-11-7-4-8-12-26)15-24-20(22-3)23-14-16-13-19(27)25-18-10-6-5-9-17(16)18;/h5-6,9-10,16H,4,7-8,11-15H2,1-3H3,(H,25,27)(H2,22,23,24);1H. The number of anilines is 1. The van der Waals surface area contributed by atoms with Gasteiger partial charge in [0.05, 0.1) is 0 Å². The van der Waals surface area contributed by atoms with E-state index in [-0.39, 0.29) is 41.3 Å². The van der Waals surface area contributed by atoms with Crippen molar-refractivity contribution in [3.63, 3.8) is 0 Å². The highest BCUT2D eigenvalue weighted by molar-refractivity contribution is 14.0. The molecule has 0 radical (unpaired) electrons. The van der Waals surface area contributed by atoms with Crippen molar-refractivity contribution in [3.8, 4) is 0 Å². The van der Waals surface area contributed by atoms with E-state index in [2.05, 4.69) is 45.8 Å². The fourth-order valence-electron chi connectivity index (χ4n) is 4.04. The Hall–Kier alpha value is -1.35. The Balaban J connectivity index is 0.00000280. The minimum absolute atomic E-state index is 0. The van der Waals surface area contributed by atoms with Crippen molar-refractivity contribution in [1.82, 2.24) is 15.5 Å². The zero-order valence-electron chi connectivity index (χ0n) is 17.3. The van der Waals surface area contributed by atoms with E-state index < -0.39 is 0 Å². The quantitative estimate of drug-likeness (QED) is 0.331. The molecule has 1 aromatic carbocycles. The zero-order valence-corrected chi connectivity index (χ0v) is 19.6. The number of carbonyl (C=O) groups is 1. The summed E-state index contributed by atoms with van der Waals surface area (Å²) in [4.78, 5) is 18.9. The van der Waals surface area contributed by atoms with Crippen molar-refractivity contribution in [1.29, 1.82) is 0 Å². The maximum absolute atomic E-state index is 12.0. The minimum Gasteiger partial charge on any atom is -0.356 e. The Morgan fingerprint density at radius 1 is 1.21 bits per heavy atom. The first-order chi connectivity index (χ1) is 13.0. The van der Waals surface area contributed by atoms with Crippen LogP contribution < -0.4 is 16.0 Å². The maximum Gasteiger partial charge on any atom is 0.225 e. The fourth-order valence-corrected chi connectivity index (χ4v) is 4.04. The summed E-state index contributed by atoms with van der Waals surface area (Å²) in [5, 5.41) is 9.85. The van der Waals surface area contributed by atoms with Crippen molar-refractivity contribution < 1.29 is 4.79 Å². The third-order valence-electron chi connectivity index (χ3n) is 5.75. The molecule has 1 fully saturated rings. The molecule has 6 nitrogen and oxygen atoms in total. The van der Waals surface area contributed by atoms with Gasteiger partial charge in [0, 0.05) is 43.7 Å². The number of para-hydroxylation sites is 1. The Morgan fingerprint density at radius 2 is 1.93 bits per heavy atom. The smallest absolute Gasteiger partial charge is 0.225 e. The Labute approximate surface area is 186 Å². The lowest BCUT2D eigenvalue weighted by atomic mass is 9.90. The summed E-state index contributed by atoms with van der Waals surface area (Å²) in [5.41, 5.74) is 2.21. The maximum atomic E-state index is 12.0. The van der Waals surface area contributed by atoms with Gasteiger partial charge >= 0.3 is 0 Å². The van der Waals surface area contributed by atoms with E-state index in [0.717, 1.165) is 18.2 Å². The third kappa shape index (κ3) is 5.83. The second-order valence-electron chi connectivity index (χ2n) is 8.20. The predicted octanol–water partition coefficient (Wildman–Crippen LogP) is 3.16. The summed E-state index contributed by atoms with van der Waals surface area (Å²) < 4.78 is 0. The van der Waals surface area contributed by atoms with Crippen molar-refractivity contribution in [3.05, 3.63) is 29.8 Å². The van der Waals surface area contributed by atoms with Crippen LogP contribution in [-0.2, 0) is 4.79 Å². The van der Waals surface area contributed by atoms with Gasteiger partial charge in [-0.2, -0.15) is 0 Å². The van der Waals surface area contributed by atoms with Gasteiger partial charge in [-0.15, -0.1) is 24.0 Å². The van der Waals surface area contributed by atoms with Gasteiger partial charge in [0.25, 0.3) is 0 Å². The number of piperidine rings is 1. The number of aliphatic imine (C=N–C) groups is 1. The van der Waals surface area contributed by atoms with Gasteiger partial charge in [-0.3, -0.25) is 14.7 Å². The summed E-state index contributed by atoms with van der Waals surface area (Å²) in [6.45, 7) is 8.46. The number of hydrogen-bond acceptors (Lipinski definition) is 3. The SMILES string of the molecule is CN=C(NCC1CC(=O)Nc2ccccc21)NCC(C)(C)N1CCCCC1.I. The minimum atomic E-state index is 0. The van der Waals surface area contributed by atoms with E-state index in [1.54, 1.807) is 7.05 Å². The molecule has 0 spiro atoms. The number of rotatable bonds is 5. The number of nitrogens with one attached hydrogen (secondary N) is 3. The van der Waals surface area contributed by atoms with Crippen LogP contribution in [0.5, 0.6) is 0 Å². The van der Waals surface area contributed by atoms with E-state index >= 15 is 0 Å². The highest BCUT2D eigenvalue weighted by atomic mass is 127. The molecule has 3 N–H and O–H groups in total. The van der Waals surface area contributed by atoms with Crippen LogP contribution in [0.4, 0.5) is 5.69 Å². The van der Waals surface area contributed by atoms with Crippen LogP contribution in [0.1, 0.15) is 51.0 Å². The van der Waals surface area contributed by atoms with E-state index in [9.17, 15) is 4.79 Å². The molecule has 0 saturated carbocycles. The van der Waals surface area contributed by atoms with E-state index in [1.165, 1.54) is 37.9 Å². The number of hydrogen-bond donors (Lipinski definition) is 3. The number of benzene rings is 1. The van der Waals surface area contributed by atoms with Gasteiger partial charge in [-0.25, -0.2) is 0 Å². The largest absolute Gasteiger partial charge is 0.356 e. The molecule has 2 heterocycles. The normalized spacial score (nSPS) is 20.6. The Kier molecular flexibility index (Phi) is 8.55. The number of halogens is 1. The summed E-state index contributed by atoms with van der Waals surface area (Å²) in [6, 6.07) is 8.04. The molecular formula is C21H34IN5O. The van der Waals surface area contributed by atoms with Crippen LogP contribution in [0.3, 0.4) is 0 Å². The number of likely N-dealkylation sites (tertiary alicyclic amines) is 1. The molecule has 7 heteroatoms. The second-order valence-corrected chi connectivity index (χ2v) is 8.20. The Bertz CT molecular complexity index is 685. The van der Waals surface area contributed by atoms with E-state index in [4.69, 9.17) is 0 Å². The molecule has 1 amide bonds. The first-order valence-electron chi connectivity index (χ1n) is 10.1. The van der Waals surface area contributed by atoms with Crippen molar-refractivity contribution >= 4 is 41.5 Å². The molecule has 1 unspecified atom stereocenters. The highest BCUT2D eigenvalue weighted by Gasteiger charge is 2.28. The lowest BCUT2D eigenvalue weighted by Crippen LogP contribution is -2.55. The van der Waals surface area contributed by atoms with Crippen LogP contribution in [0, 0.1) is 0 Å². The van der Waals surface area contributed by atoms with Gasteiger partial charge < -0.3 is 16.0 Å². The summed E-state index contributed by atoms with van der Waals surface area (Å²) in [6.07, 6.45) is 4.43. The number of carbonyl (C=O) groups excluding carboxylic acids is 1. The fraction of sp³-hybridized carbons (Fsp3) is 0.619. The van der Waals surface area contributed by atoms with E-state index in [0.29, 0.717) is 13.0 Å². The van der Waals surface area contributed by atoms with Gasteiger partial charge in [-0.05, 0) is 51.4 Å². The first kappa shape index (κ1) is 22.9. The molecular weight excluding hydrogens is 465 g/mol. The molecule has 1 atom stereocenters. The lowest BCUT2D eigenvalue weighted by Gasteiger charge is -2.41. The first-order valence-corrected chi connectivity index (χ1v) is 10.1. The molecule has 2 aliphatic heterocycles. The predicted molar refractivity (Wildman–Crippen MR) is 127 cm³/mol. The average molecular weight is 499 g/mol. The molecule has 156 valence electrons. The van der Waals surface area contributed by atoms with Gasteiger partial charge in [-0.1, -0.05) is 24.6 Å². The van der Waals surface area contributed by atoms with Gasteiger partial charge in [0.15, 0.2) is 5.96 Å². The van der Waals surface area contributed by atoms with Crippen molar-refractivity contribution in [2.75, 3.05) is 38.5 Å². The lowest BCUT2D eigenvalue weighted by molar-refractivity contribution is -0.116. The molecule has 1 saturated heterocycles. The van der Waals surface area contributed by atoms with Crippen LogP contribution in [-0.4, -0.2) is 55.5 Å². The average Bonchev–Trinajstić information content (AvgIpc) is 2.68. The molecule has 0 bridgehead atoms. The molecule has 1 aromatic rings. The highest BCUT2D eigenvalue weighted by Crippen LogP contribution is 2.31. The molecule has 3 rings (SSSR count). The van der Waals surface area contributed by atoms with Crippen LogP contribution >= 0.6 is 24.0 Å². The molecule has 2 aliphatic rings. The van der Waals surface area contributed by atoms with Gasteiger partial charge in [0.1, 0.15) is 0 Å². The van der Waals surface area contributed by atoms with E-state index in [1.807, 2.05) is 18.2 Å². The topological polar surface area (TPSA) is 68.8 Å². The summed E-state index contributed by atoms with van der Waals surface area (Å²) in [5.74, 6) is 1.03. The van der Waals surface area contributed by atoms with Gasteiger partial charge in [0.2, 0.25) is 5.91 Å². The monoisotopic (exact) mass is 499 g/mol. The molecule has 0 aromatic heterocycles. The van der Waals surface area contributed by atoms with Crippen molar-refractivity contribution in [2.45, 2.75) is 51.0 Å². The van der Waals surface area contributed by atoms with Crippen LogP contribution in [0.2, 0.25) is 0 Å². The third-order valence-corrected chi connectivity index (χ3v) is 5.75. The molecule has 0 aliphatic carbocycles. The number of fused-ring (bicyclic) bond motifs is 1. The number of nitrogens with zero attached hydrogens (tertiary/aromatic N) is 2. The number of amides is 1. The summed E-state index contributed by atoms with van der Waals surface area (Å²) in [7, 11) is 1.80. The molecule has 28 heavy (non-hydrogen) atoms. The Morgan fingerprint density at radius 3 is 2.64 bits per heavy atom. The van der Waals surface area contributed by atoms with Crippen LogP contribution in [0.25, 0.3) is 0 Å².